The molecule has 9 heteroatoms. The van der Waals surface area contributed by atoms with Crippen LogP contribution in [0.4, 0.5) is 11.4 Å². The van der Waals surface area contributed by atoms with Crippen molar-refractivity contribution in [1.82, 2.24) is 0 Å². The van der Waals surface area contributed by atoms with Gasteiger partial charge in [-0.3, -0.25) is 29.3 Å². The zero-order valence-electron chi connectivity index (χ0n) is 22.2. The fourth-order valence-corrected chi connectivity index (χ4v) is 6.88. The van der Waals surface area contributed by atoms with Crippen LogP contribution in [0.2, 0.25) is 0 Å². The first kappa shape index (κ1) is 26.3. The van der Waals surface area contributed by atoms with Crippen LogP contribution in [0.15, 0.2) is 89.6 Å². The molecule has 1 N–H and O–H groups in total. The zero-order chi connectivity index (χ0) is 29.2. The molecule has 2 amide bonds. The highest BCUT2D eigenvalue weighted by Gasteiger charge is 2.57. The number of hydrogen-bond donors (Lipinski definition) is 1. The van der Waals surface area contributed by atoms with Gasteiger partial charge in [0.15, 0.2) is 11.6 Å². The highest BCUT2D eigenvalue weighted by Crippen LogP contribution is 2.56. The third kappa shape index (κ3) is 3.91. The second-order valence-corrected chi connectivity index (χ2v) is 10.9. The summed E-state index contributed by atoms with van der Waals surface area (Å²) in [6, 6.07) is 10.6. The average Bonchev–Trinajstić information content (AvgIpc) is 3.21. The number of benzene rings is 2. The van der Waals surface area contributed by atoms with Gasteiger partial charge >= 0.3 is 0 Å². The van der Waals surface area contributed by atoms with E-state index < -0.39 is 40.4 Å². The highest BCUT2D eigenvalue weighted by atomic mass is 16.6. The highest BCUT2D eigenvalue weighted by molar-refractivity contribution is 6.25. The summed E-state index contributed by atoms with van der Waals surface area (Å²) in [4.78, 5) is 66.2. The molecule has 41 heavy (non-hydrogen) atoms. The standard InChI is InChI=1S/C32H26N2O7/c1-3-6-17-7-4-10-21(30(17)37)26-20-11-12-22-27(23(20)15-24-25(35)13-16(2)29(36)28(24)26)32(39)33(31(22)38)18-8-5-9-19(14-18)34(40)41/h3-5,7-11,13-14,22-23,26-27,37H,1,6,12,15H2,2H3/t22-,23+,26+,27-/m0/s1. The van der Waals surface area contributed by atoms with Crippen molar-refractivity contribution in [3.8, 4) is 5.75 Å². The van der Waals surface area contributed by atoms with Crippen molar-refractivity contribution in [2.45, 2.75) is 32.1 Å². The number of nitrogens with zero attached hydrogens (tertiary/aromatic N) is 2. The number of imide groups is 1. The fraction of sp³-hybridized carbons (Fsp3) is 0.250. The molecule has 6 rings (SSSR count). The number of non-ortho nitro benzene ring substituents is 1. The quantitative estimate of drug-likeness (QED) is 0.188. The van der Waals surface area contributed by atoms with Crippen molar-refractivity contribution in [1.29, 1.82) is 0 Å². The van der Waals surface area contributed by atoms with E-state index in [0.29, 0.717) is 34.3 Å². The number of nitro groups is 1. The Morgan fingerprint density at radius 1 is 1.10 bits per heavy atom. The Bertz CT molecular complexity index is 1700. The first-order chi connectivity index (χ1) is 19.6. The molecule has 4 aliphatic rings. The van der Waals surface area contributed by atoms with Crippen molar-refractivity contribution >= 4 is 34.8 Å². The third-order valence-corrected chi connectivity index (χ3v) is 8.69. The minimum atomic E-state index is -0.827. The average molecular weight is 551 g/mol. The summed E-state index contributed by atoms with van der Waals surface area (Å²) in [6.45, 7) is 5.34. The maximum atomic E-state index is 14.0. The summed E-state index contributed by atoms with van der Waals surface area (Å²) in [5.74, 6) is -4.46. The smallest absolute Gasteiger partial charge is 0.271 e. The maximum Gasteiger partial charge on any atom is 0.271 e. The Hall–Kier alpha value is -4.92. The normalized spacial score (nSPS) is 25.3. The van der Waals surface area contributed by atoms with Crippen LogP contribution in [-0.2, 0) is 25.6 Å². The van der Waals surface area contributed by atoms with Gasteiger partial charge in [0.2, 0.25) is 11.8 Å². The van der Waals surface area contributed by atoms with Gasteiger partial charge in [-0.05, 0) is 49.8 Å². The van der Waals surface area contributed by atoms with Crippen molar-refractivity contribution in [3.05, 3.63) is 111 Å². The van der Waals surface area contributed by atoms with E-state index in [-0.39, 0.29) is 47.1 Å². The van der Waals surface area contributed by atoms with E-state index >= 15 is 0 Å². The molecule has 0 aromatic heterocycles. The Morgan fingerprint density at radius 3 is 2.59 bits per heavy atom. The van der Waals surface area contributed by atoms with E-state index in [1.807, 2.05) is 6.08 Å². The van der Waals surface area contributed by atoms with Gasteiger partial charge in [0.05, 0.1) is 22.4 Å². The largest absolute Gasteiger partial charge is 0.507 e. The molecule has 3 aliphatic carbocycles. The number of nitro benzene ring substituents is 1. The number of aromatic hydroxyl groups is 1. The number of amides is 2. The molecule has 2 aromatic rings. The monoisotopic (exact) mass is 550 g/mol. The molecule has 1 heterocycles. The van der Waals surface area contributed by atoms with Crippen LogP contribution in [0.1, 0.15) is 36.8 Å². The summed E-state index contributed by atoms with van der Waals surface area (Å²) in [6.07, 6.45) is 5.54. The molecule has 0 spiro atoms. The lowest BCUT2D eigenvalue weighted by molar-refractivity contribution is -0.384. The predicted molar refractivity (Wildman–Crippen MR) is 149 cm³/mol. The SMILES string of the molecule is C=CCc1cccc([C@H]2C3=CC[C@@H]4C(=O)N(c5cccc([N+](=O)[O-])c5)C(=O)[C@@H]4[C@@H]3CC3=C2C(=O)C(C)=CC3=O)c1O. The summed E-state index contributed by atoms with van der Waals surface area (Å²) in [5, 5.41) is 22.7. The Labute approximate surface area is 235 Å². The van der Waals surface area contributed by atoms with Gasteiger partial charge in [-0.15, -0.1) is 6.58 Å². The molecular weight excluding hydrogens is 524 g/mol. The molecule has 0 radical (unpaired) electrons. The zero-order valence-corrected chi connectivity index (χ0v) is 22.2. The second-order valence-electron chi connectivity index (χ2n) is 10.9. The van der Waals surface area contributed by atoms with Crippen molar-refractivity contribution < 1.29 is 29.2 Å². The molecular formula is C32H26N2O7. The van der Waals surface area contributed by atoms with E-state index in [9.17, 15) is 34.4 Å². The van der Waals surface area contributed by atoms with Gasteiger partial charge in [0, 0.05) is 40.3 Å². The van der Waals surface area contributed by atoms with Crippen LogP contribution in [0.3, 0.4) is 0 Å². The van der Waals surface area contributed by atoms with E-state index in [1.165, 1.54) is 30.3 Å². The predicted octanol–water partition coefficient (Wildman–Crippen LogP) is 4.66. The number of phenolic OH excluding ortho intramolecular Hbond substituents is 1. The lowest BCUT2D eigenvalue weighted by atomic mass is 9.59. The first-order valence-corrected chi connectivity index (χ1v) is 13.4. The molecule has 1 saturated heterocycles. The van der Waals surface area contributed by atoms with Crippen molar-refractivity contribution in [3.63, 3.8) is 0 Å². The number of carbonyl (C=O) groups is 4. The Morgan fingerprint density at radius 2 is 1.85 bits per heavy atom. The van der Waals surface area contributed by atoms with Crippen molar-refractivity contribution in [2.75, 3.05) is 4.90 Å². The van der Waals surface area contributed by atoms with E-state index in [1.54, 1.807) is 31.2 Å². The van der Waals surface area contributed by atoms with E-state index in [4.69, 9.17) is 0 Å². The maximum absolute atomic E-state index is 14.0. The van der Waals surface area contributed by atoms with Crippen LogP contribution in [0.5, 0.6) is 5.75 Å². The first-order valence-electron chi connectivity index (χ1n) is 13.4. The number of phenols is 1. The Balaban J connectivity index is 1.49. The molecule has 1 aliphatic heterocycles. The number of para-hydroxylation sites is 1. The van der Waals surface area contributed by atoms with Gasteiger partial charge in [0.1, 0.15) is 5.75 Å². The van der Waals surface area contributed by atoms with Crippen LogP contribution in [-0.4, -0.2) is 33.4 Å². The van der Waals surface area contributed by atoms with Crippen LogP contribution in [0.25, 0.3) is 0 Å². The number of fused-ring (bicyclic) bond motifs is 3. The summed E-state index contributed by atoms with van der Waals surface area (Å²) >= 11 is 0. The summed E-state index contributed by atoms with van der Waals surface area (Å²) in [5.41, 5.74) is 2.55. The van der Waals surface area contributed by atoms with E-state index in [2.05, 4.69) is 6.58 Å². The molecule has 206 valence electrons. The van der Waals surface area contributed by atoms with Gasteiger partial charge in [-0.2, -0.15) is 0 Å². The molecule has 2 aromatic carbocycles. The molecule has 0 saturated carbocycles. The molecule has 1 fully saturated rings. The third-order valence-electron chi connectivity index (χ3n) is 8.69. The number of allylic oxidation sites excluding steroid dienone is 7. The lowest BCUT2D eigenvalue weighted by Crippen LogP contribution is -2.39. The minimum Gasteiger partial charge on any atom is -0.507 e. The number of carbonyl (C=O) groups excluding carboxylic acids is 4. The minimum absolute atomic E-state index is 0.00701. The van der Waals surface area contributed by atoms with Crippen LogP contribution < -0.4 is 4.90 Å². The Kier molecular flexibility index (Phi) is 6.17. The topological polar surface area (TPSA) is 135 Å². The number of Topliss-reactive ketones (excluding diaryl/α,β-unsaturated/α-hetero) is 1. The van der Waals surface area contributed by atoms with Gasteiger partial charge in [-0.1, -0.05) is 42.0 Å². The lowest BCUT2D eigenvalue weighted by Gasteiger charge is -2.42. The molecule has 0 bridgehead atoms. The van der Waals surface area contributed by atoms with Gasteiger partial charge < -0.3 is 5.11 Å². The van der Waals surface area contributed by atoms with Gasteiger partial charge in [-0.25, -0.2) is 4.90 Å². The number of ketones is 2. The number of rotatable bonds is 5. The number of anilines is 1. The van der Waals surface area contributed by atoms with Crippen LogP contribution in [0, 0.1) is 27.9 Å². The van der Waals surface area contributed by atoms with Crippen molar-refractivity contribution in [2.24, 2.45) is 17.8 Å². The summed E-state index contributed by atoms with van der Waals surface area (Å²) < 4.78 is 0. The molecule has 4 atom stereocenters. The molecule has 9 nitrogen and oxygen atoms in total. The van der Waals surface area contributed by atoms with Gasteiger partial charge in [0.25, 0.3) is 5.69 Å². The van der Waals surface area contributed by atoms with Crippen LogP contribution >= 0.6 is 0 Å². The van der Waals surface area contributed by atoms with E-state index in [0.717, 1.165) is 4.90 Å². The molecule has 0 unspecified atom stereocenters. The fourth-order valence-electron chi connectivity index (χ4n) is 6.88. The summed E-state index contributed by atoms with van der Waals surface area (Å²) in [7, 11) is 0. The number of hydrogen-bond acceptors (Lipinski definition) is 7. The second kappa shape index (κ2) is 9.62.